The van der Waals surface area contributed by atoms with Crippen molar-refractivity contribution in [3.8, 4) is 5.75 Å². The number of nitrogens with one attached hydrogen (secondary N) is 2. The van der Waals surface area contributed by atoms with Gasteiger partial charge in [-0.25, -0.2) is 0 Å². The van der Waals surface area contributed by atoms with Crippen molar-refractivity contribution in [3.05, 3.63) is 54.1 Å². The van der Waals surface area contributed by atoms with Crippen LogP contribution in [0.2, 0.25) is 0 Å². The van der Waals surface area contributed by atoms with Crippen molar-refractivity contribution >= 4 is 17.3 Å². The third-order valence-electron chi connectivity index (χ3n) is 5.56. The minimum Gasteiger partial charge on any atom is -0.484 e. The number of anilines is 2. The predicted molar refractivity (Wildman–Crippen MR) is 115 cm³/mol. The van der Waals surface area contributed by atoms with E-state index in [0.717, 1.165) is 44.0 Å². The van der Waals surface area contributed by atoms with Gasteiger partial charge in [0.25, 0.3) is 5.91 Å². The highest BCUT2D eigenvalue weighted by Gasteiger charge is 2.16. The molecule has 2 aromatic rings. The maximum absolute atomic E-state index is 12.2. The van der Waals surface area contributed by atoms with Gasteiger partial charge in [0.1, 0.15) is 5.75 Å². The molecule has 0 saturated carbocycles. The lowest BCUT2D eigenvalue weighted by molar-refractivity contribution is -0.880. The molecule has 0 spiro atoms. The molecule has 1 atom stereocenters. The third-order valence-corrected chi connectivity index (χ3v) is 5.56. The fourth-order valence-electron chi connectivity index (χ4n) is 3.38. The van der Waals surface area contributed by atoms with Crippen LogP contribution in [0.4, 0.5) is 11.4 Å². The monoisotopic (exact) mass is 382 g/mol. The molecule has 5 nitrogen and oxygen atoms in total. The van der Waals surface area contributed by atoms with Crippen LogP contribution in [0.15, 0.2) is 48.5 Å². The lowest BCUT2D eigenvalue weighted by Crippen LogP contribution is -3.12. The Balaban J connectivity index is 1.47. The maximum Gasteiger partial charge on any atom is 0.262 e. The molecule has 2 N–H and O–H groups in total. The smallest absolute Gasteiger partial charge is 0.262 e. The number of ether oxygens (including phenoxy) is 1. The first-order chi connectivity index (χ1) is 13.5. The van der Waals surface area contributed by atoms with Gasteiger partial charge in [-0.05, 0) is 54.3 Å². The number of carbonyl (C=O) groups excluding carboxylic acids is 1. The molecule has 150 valence electrons. The molecular weight excluding hydrogens is 350 g/mol. The van der Waals surface area contributed by atoms with Crippen LogP contribution >= 0.6 is 0 Å². The van der Waals surface area contributed by atoms with Crippen LogP contribution in [-0.2, 0) is 4.79 Å². The van der Waals surface area contributed by atoms with E-state index in [1.165, 1.54) is 11.3 Å². The number of quaternary nitrogens is 1. The number of likely N-dealkylation sites (N-methyl/N-ethyl adjacent to an activating group) is 1. The van der Waals surface area contributed by atoms with E-state index in [1.54, 1.807) is 4.90 Å². The number of piperazine rings is 1. The van der Waals surface area contributed by atoms with Crippen LogP contribution in [0.3, 0.4) is 0 Å². The molecule has 5 heteroatoms. The Bertz CT molecular complexity index is 750. The number of rotatable bonds is 7. The van der Waals surface area contributed by atoms with Crippen molar-refractivity contribution in [3.63, 3.8) is 0 Å². The summed E-state index contributed by atoms with van der Waals surface area (Å²) in [5.41, 5.74) is 3.30. The van der Waals surface area contributed by atoms with Gasteiger partial charge in [-0.15, -0.1) is 0 Å². The number of hydrogen-bond donors (Lipinski definition) is 2. The van der Waals surface area contributed by atoms with E-state index in [4.69, 9.17) is 4.74 Å². The van der Waals surface area contributed by atoms with E-state index < -0.39 is 0 Å². The zero-order chi connectivity index (χ0) is 19.9. The van der Waals surface area contributed by atoms with Gasteiger partial charge in [0, 0.05) is 11.4 Å². The molecule has 0 bridgehead atoms. The summed E-state index contributed by atoms with van der Waals surface area (Å²) >= 11 is 0. The van der Waals surface area contributed by atoms with Crippen LogP contribution < -0.4 is 19.9 Å². The fourth-order valence-corrected chi connectivity index (χ4v) is 3.38. The zero-order valence-corrected chi connectivity index (χ0v) is 17.2. The van der Waals surface area contributed by atoms with Crippen molar-refractivity contribution in [2.45, 2.75) is 26.2 Å². The Morgan fingerprint density at radius 3 is 2.36 bits per heavy atom. The molecule has 0 unspecified atom stereocenters. The predicted octanol–water partition coefficient (Wildman–Crippen LogP) is 2.55. The van der Waals surface area contributed by atoms with Gasteiger partial charge in [-0.2, -0.15) is 0 Å². The molecule has 1 aliphatic heterocycles. The van der Waals surface area contributed by atoms with Gasteiger partial charge in [-0.3, -0.25) is 4.79 Å². The number of hydrogen-bond acceptors (Lipinski definition) is 3. The van der Waals surface area contributed by atoms with E-state index >= 15 is 0 Å². The quantitative estimate of drug-likeness (QED) is 0.774. The minimum absolute atomic E-state index is 0.00562. The summed E-state index contributed by atoms with van der Waals surface area (Å²) in [6.07, 6.45) is 1.11. The second-order valence-electron chi connectivity index (χ2n) is 7.71. The summed E-state index contributed by atoms with van der Waals surface area (Å²) in [6.45, 7) is 8.85. The topological polar surface area (TPSA) is 46.0 Å². The highest BCUT2D eigenvalue weighted by Crippen LogP contribution is 2.22. The molecule has 1 saturated heterocycles. The molecule has 0 aliphatic carbocycles. The van der Waals surface area contributed by atoms with Gasteiger partial charge in [0.15, 0.2) is 6.61 Å². The van der Waals surface area contributed by atoms with Crippen LogP contribution in [0.1, 0.15) is 31.7 Å². The highest BCUT2D eigenvalue weighted by atomic mass is 16.5. The Morgan fingerprint density at radius 1 is 1.11 bits per heavy atom. The zero-order valence-electron chi connectivity index (χ0n) is 17.2. The van der Waals surface area contributed by atoms with E-state index in [-0.39, 0.29) is 12.5 Å². The molecule has 0 radical (unpaired) electrons. The van der Waals surface area contributed by atoms with Gasteiger partial charge < -0.3 is 19.9 Å². The maximum atomic E-state index is 12.2. The number of benzene rings is 2. The van der Waals surface area contributed by atoms with Crippen LogP contribution in [0, 0.1) is 0 Å². The van der Waals surface area contributed by atoms with Crippen LogP contribution in [0.25, 0.3) is 0 Å². The molecule has 3 rings (SSSR count). The minimum atomic E-state index is -0.151. The Kier molecular flexibility index (Phi) is 6.93. The van der Waals surface area contributed by atoms with E-state index in [0.29, 0.717) is 5.92 Å². The summed E-state index contributed by atoms with van der Waals surface area (Å²) in [5, 5.41) is 2.90. The second kappa shape index (κ2) is 9.60. The van der Waals surface area contributed by atoms with Crippen molar-refractivity contribution in [2.75, 3.05) is 50.1 Å². The average molecular weight is 383 g/mol. The first kappa shape index (κ1) is 20.2. The van der Waals surface area contributed by atoms with Crippen LogP contribution in [0.5, 0.6) is 5.75 Å². The molecule has 2 aromatic carbocycles. The van der Waals surface area contributed by atoms with Crippen molar-refractivity contribution < 1.29 is 14.4 Å². The largest absolute Gasteiger partial charge is 0.484 e. The number of nitrogens with zero attached hydrogens (tertiary/aromatic N) is 1. The lowest BCUT2D eigenvalue weighted by Gasteiger charge is -2.31. The molecule has 1 aliphatic rings. The Hall–Kier alpha value is -2.53. The SMILES string of the molecule is CC[C@H](C)c1ccc(OCC(=O)Nc2ccc(N3CC[NH+](C)CC3)cc2)cc1. The fraction of sp³-hybridized carbons (Fsp3) is 0.435. The van der Waals surface area contributed by atoms with Gasteiger partial charge >= 0.3 is 0 Å². The standard InChI is InChI=1S/C23H31N3O2/c1-4-18(2)19-5-11-22(12-6-19)28-17-23(27)24-20-7-9-21(10-8-20)26-15-13-25(3)14-16-26/h5-12,18H,4,13-17H2,1-3H3,(H,24,27)/p+1/t18-/m0/s1. The lowest BCUT2D eigenvalue weighted by atomic mass is 9.99. The Labute approximate surface area is 168 Å². The molecule has 1 amide bonds. The van der Waals surface area contributed by atoms with E-state index in [1.807, 2.05) is 24.3 Å². The summed E-state index contributed by atoms with van der Waals surface area (Å²) in [6, 6.07) is 16.1. The molecule has 0 aromatic heterocycles. The first-order valence-corrected chi connectivity index (χ1v) is 10.2. The van der Waals surface area contributed by atoms with Crippen molar-refractivity contribution in [1.82, 2.24) is 0 Å². The summed E-state index contributed by atoms with van der Waals surface area (Å²) in [7, 11) is 2.23. The first-order valence-electron chi connectivity index (χ1n) is 10.2. The normalized spacial score (nSPS) is 15.9. The summed E-state index contributed by atoms with van der Waals surface area (Å²) in [5.74, 6) is 1.10. The third kappa shape index (κ3) is 5.49. The highest BCUT2D eigenvalue weighted by molar-refractivity contribution is 5.92. The Morgan fingerprint density at radius 2 is 1.75 bits per heavy atom. The summed E-state index contributed by atoms with van der Waals surface area (Å²) < 4.78 is 5.61. The van der Waals surface area contributed by atoms with Gasteiger partial charge in [0.2, 0.25) is 0 Å². The van der Waals surface area contributed by atoms with E-state index in [2.05, 4.69) is 55.4 Å². The van der Waals surface area contributed by atoms with Crippen molar-refractivity contribution in [1.29, 1.82) is 0 Å². The van der Waals surface area contributed by atoms with Gasteiger partial charge in [0.05, 0.1) is 33.2 Å². The summed E-state index contributed by atoms with van der Waals surface area (Å²) in [4.78, 5) is 16.2. The average Bonchev–Trinajstić information content (AvgIpc) is 2.73. The van der Waals surface area contributed by atoms with Crippen molar-refractivity contribution in [2.24, 2.45) is 0 Å². The molecule has 28 heavy (non-hydrogen) atoms. The van der Waals surface area contributed by atoms with E-state index in [9.17, 15) is 4.79 Å². The molecular formula is C23H32N3O2+. The molecule has 1 heterocycles. The second-order valence-corrected chi connectivity index (χ2v) is 7.71. The number of amides is 1. The van der Waals surface area contributed by atoms with Gasteiger partial charge in [-0.1, -0.05) is 26.0 Å². The number of carbonyl (C=O) groups is 1. The molecule has 1 fully saturated rings. The van der Waals surface area contributed by atoms with Crippen LogP contribution in [-0.4, -0.2) is 45.7 Å².